The fraction of sp³-hybridized carbons (Fsp3) is 0.278. The quantitative estimate of drug-likeness (QED) is 0.909. The molecule has 1 aliphatic rings. The summed E-state index contributed by atoms with van der Waals surface area (Å²) in [6, 6.07) is 13.6. The SMILES string of the molecule is NC(=O)c1cccc(CN2C[C@@H](O)C[C@H]2c2cccc(F)c2)c1. The molecule has 23 heavy (non-hydrogen) atoms. The second-order valence-electron chi connectivity index (χ2n) is 5.95. The van der Waals surface area contributed by atoms with Crippen LogP contribution in [0.25, 0.3) is 0 Å². The van der Waals surface area contributed by atoms with Gasteiger partial charge in [-0.05, 0) is 41.8 Å². The maximum Gasteiger partial charge on any atom is 0.248 e. The number of aliphatic hydroxyl groups excluding tert-OH is 1. The van der Waals surface area contributed by atoms with E-state index < -0.39 is 12.0 Å². The van der Waals surface area contributed by atoms with Gasteiger partial charge in [-0.15, -0.1) is 0 Å². The molecule has 0 saturated carbocycles. The predicted molar refractivity (Wildman–Crippen MR) is 85.1 cm³/mol. The van der Waals surface area contributed by atoms with E-state index in [4.69, 9.17) is 5.73 Å². The van der Waals surface area contributed by atoms with E-state index in [1.54, 1.807) is 24.3 Å². The Kier molecular flexibility index (Phi) is 4.41. The monoisotopic (exact) mass is 314 g/mol. The van der Waals surface area contributed by atoms with Gasteiger partial charge in [0.2, 0.25) is 5.91 Å². The largest absolute Gasteiger partial charge is 0.392 e. The predicted octanol–water partition coefficient (Wildman–Crippen LogP) is 2.23. The van der Waals surface area contributed by atoms with E-state index >= 15 is 0 Å². The Bertz CT molecular complexity index is 720. The number of hydrogen-bond acceptors (Lipinski definition) is 3. The smallest absolute Gasteiger partial charge is 0.248 e. The Morgan fingerprint density at radius 3 is 2.78 bits per heavy atom. The summed E-state index contributed by atoms with van der Waals surface area (Å²) >= 11 is 0. The zero-order chi connectivity index (χ0) is 16.4. The van der Waals surface area contributed by atoms with E-state index in [2.05, 4.69) is 4.90 Å². The van der Waals surface area contributed by atoms with Gasteiger partial charge < -0.3 is 10.8 Å². The molecule has 5 heteroatoms. The fourth-order valence-corrected chi connectivity index (χ4v) is 3.17. The van der Waals surface area contributed by atoms with E-state index in [1.165, 1.54) is 12.1 Å². The van der Waals surface area contributed by atoms with Crippen LogP contribution >= 0.6 is 0 Å². The summed E-state index contributed by atoms with van der Waals surface area (Å²) in [7, 11) is 0. The minimum absolute atomic E-state index is 0.0436. The van der Waals surface area contributed by atoms with Crippen molar-refractivity contribution in [2.24, 2.45) is 5.73 Å². The van der Waals surface area contributed by atoms with E-state index in [1.807, 2.05) is 12.1 Å². The minimum atomic E-state index is -0.463. The first-order chi connectivity index (χ1) is 11.0. The van der Waals surface area contributed by atoms with Gasteiger partial charge in [-0.1, -0.05) is 24.3 Å². The first-order valence-corrected chi connectivity index (χ1v) is 7.59. The second kappa shape index (κ2) is 6.48. The van der Waals surface area contributed by atoms with Gasteiger partial charge in [-0.25, -0.2) is 4.39 Å². The van der Waals surface area contributed by atoms with Gasteiger partial charge in [0.1, 0.15) is 5.82 Å². The molecule has 0 aliphatic carbocycles. The molecule has 3 N–H and O–H groups in total. The molecule has 1 amide bonds. The van der Waals surface area contributed by atoms with Gasteiger partial charge in [0.25, 0.3) is 0 Å². The number of aliphatic hydroxyl groups is 1. The molecule has 0 bridgehead atoms. The number of likely N-dealkylation sites (tertiary alicyclic amines) is 1. The summed E-state index contributed by atoms with van der Waals surface area (Å²) in [6.45, 7) is 1.08. The van der Waals surface area contributed by atoms with Crippen molar-refractivity contribution < 1.29 is 14.3 Å². The van der Waals surface area contributed by atoms with Crippen LogP contribution in [0.3, 0.4) is 0 Å². The van der Waals surface area contributed by atoms with E-state index in [-0.39, 0.29) is 11.9 Å². The number of halogens is 1. The van der Waals surface area contributed by atoms with Crippen molar-refractivity contribution in [2.75, 3.05) is 6.54 Å². The Morgan fingerprint density at radius 1 is 1.26 bits per heavy atom. The lowest BCUT2D eigenvalue weighted by Crippen LogP contribution is -2.24. The van der Waals surface area contributed by atoms with Gasteiger partial charge in [0, 0.05) is 24.7 Å². The van der Waals surface area contributed by atoms with Gasteiger partial charge in [-0.3, -0.25) is 9.69 Å². The highest BCUT2D eigenvalue weighted by molar-refractivity contribution is 5.92. The third kappa shape index (κ3) is 3.57. The molecule has 0 aromatic heterocycles. The zero-order valence-corrected chi connectivity index (χ0v) is 12.7. The molecule has 1 heterocycles. The fourth-order valence-electron chi connectivity index (χ4n) is 3.17. The molecule has 3 rings (SSSR count). The molecule has 4 nitrogen and oxygen atoms in total. The summed E-state index contributed by atoms with van der Waals surface area (Å²) in [6.07, 6.45) is 0.126. The van der Waals surface area contributed by atoms with Crippen molar-refractivity contribution in [3.8, 4) is 0 Å². The third-order valence-electron chi connectivity index (χ3n) is 4.21. The number of amides is 1. The number of primary amides is 1. The van der Waals surface area contributed by atoms with Crippen LogP contribution in [-0.4, -0.2) is 28.6 Å². The number of nitrogens with zero attached hydrogens (tertiary/aromatic N) is 1. The summed E-state index contributed by atoms with van der Waals surface area (Å²) in [5, 5.41) is 10.0. The first kappa shape index (κ1) is 15.6. The van der Waals surface area contributed by atoms with Crippen LogP contribution in [0.1, 0.15) is 33.9 Å². The highest BCUT2D eigenvalue weighted by Crippen LogP contribution is 2.33. The van der Waals surface area contributed by atoms with Crippen LogP contribution < -0.4 is 5.73 Å². The Hall–Kier alpha value is -2.24. The molecule has 1 saturated heterocycles. The average molecular weight is 314 g/mol. The molecule has 2 atom stereocenters. The molecule has 0 unspecified atom stereocenters. The number of carbonyl (C=O) groups excluding carboxylic acids is 1. The van der Waals surface area contributed by atoms with Crippen molar-refractivity contribution in [3.05, 3.63) is 71.0 Å². The van der Waals surface area contributed by atoms with Crippen LogP contribution in [0.4, 0.5) is 4.39 Å². The average Bonchev–Trinajstić information content (AvgIpc) is 2.88. The molecular weight excluding hydrogens is 295 g/mol. The summed E-state index contributed by atoms with van der Waals surface area (Å²) in [5.74, 6) is -0.741. The Morgan fingerprint density at radius 2 is 2.04 bits per heavy atom. The normalized spacial score (nSPS) is 21.5. The van der Waals surface area contributed by atoms with Crippen LogP contribution in [-0.2, 0) is 6.54 Å². The number of β-amino-alcohol motifs (C(OH)–C–C–N with tert-alkyl or cyclic N) is 1. The van der Waals surface area contributed by atoms with Crippen molar-refractivity contribution >= 4 is 5.91 Å². The molecular formula is C18H19FN2O2. The van der Waals surface area contributed by atoms with Crippen molar-refractivity contribution in [1.82, 2.24) is 4.90 Å². The molecule has 1 aliphatic heterocycles. The minimum Gasteiger partial charge on any atom is -0.392 e. The van der Waals surface area contributed by atoms with Crippen LogP contribution in [0, 0.1) is 5.82 Å². The lowest BCUT2D eigenvalue weighted by atomic mass is 10.0. The highest BCUT2D eigenvalue weighted by atomic mass is 19.1. The lowest BCUT2D eigenvalue weighted by Gasteiger charge is -2.24. The number of rotatable bonds is 4. The number of hydrogen-bond donors (Lipinski definition) is 2. The Labute approximate surface area is 134 Å². The van der Waals surface area contributed by atoms with Crippen LogP contribution in [0.5, 0.6) is 0 Å². The van der Waals surface area contributed by atoms with Gasteiger partial charge in [0.05, 0.1) is 6.10 Å². The molecule has 0 spiro atoms. The zero-order valence-electron chi connectivity index (χ0n) is 12.7. The van der Waals surface area contributed by atoms with Crippen LogP contribution in [0.15, 0.2) is 48.5 Å². The maximum atomic E-state index is 13.5. The molecule has 0 radical (unpaired) electrons. The first-order valence-electron chi connectivity index (χ1n) is 7.59. The van der Waals surface area contributed by atoms with Gasteiger partial charge in [0.15, 0.2) is 0 Å². The Balaban J connectivity index is 1.83. The summed E-state index contributed by atoms with van der Waals surface area (Å²) in [4.78, 5) is 13.4. The maximum absolute atomic E-state index is 13.5. The number of benzene rings is 2. The van der Waals surface area contributed by atoms with E-state index in [0.717, 1.165) is 11.1 Å². The number of nitrogens with two attached hydrogens (primary N) is 1. The van der Waals surface area contributed by atoms with E-state index in [9.17, 15) is 14.3 Å². The standard InChI is InChI=1S/C18H19FN2O2/c19-15-6-2-4-13(8-15)17-9-16(22)11-21(17)10-12-3-1-5-14(7-12)18(20)23/h1-8,16-17,22H,9-11H2,(H2,20,23)/t16-,17-/m0/s1. The second-order valence-corrected chi connectivity index (χ2v) is 5.95. The van der Waals surface area contributed by atoms with Crippen LogP contribution in [0.2, 0.25) is 0 Å². The van der Waals surface area contributed by atoms with Gasteiger partial charge >= 0.3 is 0 Å². The van der Waals surface area contributed by atoms with Crippen molar-refractivity contribution in [2.45, 2.75) is 25.1 Å². The van der Waals surface area contributed by atoms with E-state index in [0.29, 0.717) is 25.1 Å². The molecule has 120 valence electrons. The third-order valence-corrected chi connectivity index (χ3v) is 4.21. The topological polar surface area (TPSA) is 66.6 Å². The molecule has 2 aromatic carbocycles. The summed E-state index contributed by atoms with van der Waals surface area (Å²) < 4.78 is 13.5. The summed E-state index contributed by atoms with van der Waals surface area (Å²) in [5.41, 5.74) is 7.57. The lowest BCUT2D eigenvalue weighted by molar-refractivity contribution is 0.1000. The highest BCUT2D eigenvalue weighted by Gasteiger charge is 2.32. The number of carbonyl (C=O) groups is 1. The van der Waals surface area contributed by atoms with Gasteiger partial charge in [-0.2, -0.15) is 0 Å². The van der Waals surface area contributed by atoms with Crippen molar-refractivity contribution in [1.29, 1.82) is 0 Å². The molecule has 1 fully saturated rings. The molecule has 2 aromatic rings. The van der Waals surface area contributed by atoms with Crippen molar-refractivity contribution in [3.63, 3.8) is 0 Å².